The van der Waals surface area contributed by atoms with Crippen LogP contribution in [0.5, 0.6) is 0 Å². The van der Waals surface area contributed by atoms with E-state index in [2.05, 4.69) is 10.6 Å². The minimum atomic E-state index is -0.918. The Morgan fingerprint density at radius 2 is 2.20 bits per heavy atom. The van der Waals surface area contributed by atoms with Crippen LogP contribution in [0.25, 0.3) is 0 Å². The van der Waals surface area contributed by atoms with E-state index in [1.54, 1.807) is 0 Å². The van der Waals surface area contributed by atoms with E-state index in [4.69, 9.17) is 15.9 Å². The van der Waals surface area contributed by atoms with E-state index in [0.29, 0.717) is 6.42 Å². The van der Waals surface area contributed by atoms with Crippen LogP contribution in [0.2, 0.25) is 0 Å². The summed E-state index contributed by atoms with van der Waals surface area (Å²) < 4.78 is 0. The van der Waals surface area contributed by atoms with Crippen molar-refractivity contribution in [1.29, 1.82) is 0 Å². The lowest BCUT2D eigenvalue weighted by Gasteiger charge is -2.13. The van der Waals surface area contributed by atoms with Gasteiger partial charge in [0.2, 0.25) is 5.91 Å². The molecule has 15 heavy (non-hydrogen) atoms. The van der Waals surface area contributed by atoms with Gasteiger partial charge in [-0.05, 0) is 26.4 Å². The third-order valence-corrected chi connectivity index (χ3v) is 2.00. The average molecular weight is 219 g/mol. The molecule has 0 aliphatic heterocycles. The number of carbonyl (C=O) groups is 1. The molecule has 6 heteroatoms. The predicted molar refractivity (Wildman–Crippen MR) is 57.2 cm³/mol. The number of nitrogens with two attached hydrogens (primary N) is 1. The van der Waals surface area contributed by atoms with E-state index < -0.39 is 12.1 Å². The molecule has 1 unspecified atom stereocenters. The number of amides is 1. The van der Waals surface area contributed by atoms with Crippen LogP contribution in [0.3, 0.4) is 0 Å². The van der Waals surface area contributed by atoms with Crippen LogP contribution in [0, 0.1) is 0 Å². The topological polar surface area (TPSA) is 108 Å². The summed E-state index contributed by atoms with van der Waals surface area (Å²) in [6.07, 6.45) is 0.508. The van der Waals surface area contributed by atoms with Gasteiger partial charge in [0.15, 0.2) is 0 Å². The highest BCUT2D eigenvalue weighted by Crippen LogP contribution is 1.93. The van der Waals surface area contributed by atoms with Crippen LogP contribution in [0.4, 0.5) is 0 Å². The van der Waals surface area contributed by atoms with Gasteiger partial charge in [0.1, 0.15) is 0 Å². The molecule has 1 amide bonds. The quantitative estimate of drug-likeness (QED) is 0.297. The number of aliphatic hydroxyl groups is 2. The number of hydrogen-bond acceptors (Lipinski definition) is 5. The molecular weight excluding hydrogens is 198 g/mol. The minimum Gasteiger partial charge on any atom is -0.394 e. The molecule has 0 aromatic rings. The van der Waals surface area contributed by atoms with Crippen LogP contribution in [-0.4, -0.2) is 55.0 Å². The zero-order valence-electron chi connectivity index (χ0n) is 9.07. The number of aliphatic hydroxyl groups excluding tert-OH is 2. The molecule has 0 saturated heterocycles. The first-order valence-electron chi connectivity index (χ1n) is 5.08. The van der Waals surface area contributed by atoms with Crippen molar-refractivity contribution in [1.82, 2.24) is 10.6 Å². The summed E-state index contributed by atoms with van der Waals surface area (Å²) in [6.45, 7) is 0.491. The summed E-state index contributed by atoms with van der Waals surface area (Å²) in [7, 11) is 1.84. The molecule has 2 atom stereocenters. The third kappa shape index (κ3) is 7.26. The SMILES string of the molecule is CNCCC[C@H](N)C(=O)NCC(O)CO. The first-order chi connectivity index (χ1) is 7.11. The van der Waals surface area contributed by atoms with Crippen LogP contribution in [0.15, 0.2) is 0 Å². The van der Waals surface area contributed by atoms with Gasteiger partial charge in [-0.1, -0.05) is 0 Å². The van der Waals surface area contributed by atoms with Crippen LogP contribution < -0.4 is 16.4 Å². The molecule has 0 rings (SSSR count). The Morgan fingerprint density at radius 3 is 2.73 bits per heavy atom. The van der Waals surface area contributed by atoms with E-state index in [0.717, 1.165) is 13.0 Å². The molecule has 0 spiro atoms. The second-order valence-electron chi connectivity index (χ2n) is 3.43. The van der Waals surface area contributed by atoms with E-state index in [-0.39, 0.29) is 19.1 Å². The normalized spacial score (nSPS) is 14.7. The summed E-state index contributed by atoms with van der Waals surface area (Å²) in [5.74, 6) is -0.293. The van der Waals surface area contributed by atoms with E-state index in [9.17, 15) is 4.79 Å². The molecule has 0 radical (unpaired) electrons. The van der Waals surface area contributed by atoms with Crippen molar-refractivity contribution in [3.05, 3.63) is 0 Å². The summed E-state index contributed by atoms with van der Waals surface area (Å²) in [5.41, 5.74) is 5.60. The van der Waals surface area contributed by atoms with Crippen molar-refractivity contribution in [2.45, 2.75) is 25.0 Å². The highest BCUT2D eigenvalue weighted by atomic mass is 16.3. The Morgan fingerprint density at radius 1 is 1.53 bits per heavy atom. The van der Waals surface area contributed by atoms with Gasteiger partial charge < -0.3 is 26.6 Å². The van der Waals surface area contributed by atoms with E-state index in [1.807, 2.05) is 7.05 Å². The fraction of sp³-hybridized carbons (Fsp3) is 0.889. The molecule has 0 aromatic heterocycles. The van der Waals surface area contributed by atoms with Gasteiger partial charge in [-0.25, -0.2) is 0 Å². The summed E-state index contributed by atoms with van der Waals surface area (Å²) in [5, 5.41) is 22.9. The maximum absolute atomic E-state index is 11.3. The standard InChI is InChI=1S/C9H21N3O3/c1-11-4-2-3-8(10)9(15)12-5-7(14)6-13/h7-8,11,13-14H,2-6,10H2,1H3,(H,12,15)/t7?,8-/m0/s1. The Kier molecular flexibility index (Phi) is 8.21. The van der Waals surface area contributed by atoms with E-state index >= 15 is 0 Å². The zero-order valence-corrected chi connectivity index (χ0v) is 9.07. The molecule has 0 bridgehead atoms. The van der Waals surface area contributed by atoms with Gasteiger partial charge in [-0.15, -0.1) is 0 Å². The number of hydrogen-bond donors (Lipinski definition) is 5. The predicted octanol–water partition coefficient (Wildman–Crippen LogP) is -2.22. The summed E-state index contributed by atoms with van der Waals surface area (Å²) >= 11 is 0. The van der Waals surface area contributed by atoms with E-state index in [1.165, 1.54) is 0 Å². The summed E-state index contributed by atoms with van der Waals surface area (Å²) in [6, 6.07) is -0.552. The molecule has 6 N–H and O–H groups in total. The Labute approximate surface area is 89.8 Å². The molecule has 0 aliphatic rings. The van der Waals surface area contributed by atoms with Gasteiger partial charge in [-0.2, -0.15) is 0 Å². The first-order valence-corrected chi connectivity index (χ1v) is 5.08. The van der Waals surface area contributed by atoms with Crippen molar-refractivity contribution in [2.24, 2.45) is 5.73 Å². The van der Waals surface area contributed by atoms with Gasteiger partial charge in [0.25, 0.3) is 0 Å². The smallest absolute Gasteiger partial charge is 0.237 e. The second kappa shape index (κ2) is 8.60. The fourth-order valence-electron chi connectivity index (χ4n) is 1.04. The van der Waals surface area contributed by atoms with Crippen molar-refractivity contribution in [3.63, 3.8) is 0 Å². The molecule has 0 aliphatic carbocycles. The largest absolute Gasteiger partial charge is 0.394 e. The fourth-order valence-corrected chi connectivity index (χ4v) is 1.04. The monoisotopic (exact) mass is 219 g/mol. The molecule has 0 heterocycles. The minimum absolute atomic E-state index is 0.0368. The molecular formula is C9H21N3O3. The molecule has 0 aromatic carbocycles. The van der Waals surface area contributed by atoms with Crippen molar-refractivity contribution in [3.8, 4) is 0 Å². The number of carbonyl (C=O) groups excluding carboxylic acids is 1. The van der Waals surface area contributed by atoms with Gasteiger partial charge in [0.05, 0.1) is 18.8 Å². The Bertz CT molecular complexity index is 178. The van der Waals surface area contributed by atoms with Crippen LogP contribution in [-0.2, 0) is 4.79 Å². The van der Waals surface area contributed by atoms with Gasteiger partial charge in [0, 0.05) is 6.54 Å². The highest BCUT2D eigenvalue weighted by molar-refractivity contribution is 5.81. The van der Waals surface area contributed by atoms with Crippen molar-refractivity contribution in [2.75, 3.05) is 26.7 Å². The van der Waals surface area contributed by atoms with Gasteiger partial charge >= 0.3 is 0 Å². The average Bonchev–Trinajstić information content (AvgIpc) is 2.25. The third-order valence-electron chi connectivity index (χ3n) is 2.00. The lowest BCUT2D eigenvalue weighted by molar-refractivity contribution is -0.123. The number of rotatable bonds is 8. The molecule has 6 nitrogen and oxygen atoms in total. The lowest BCUT2D eigenvalue weighted by atomic mass is 10.1. The van der Waals surface area contributed by atoms with Gasteiger partial charge in [-0.3, -0.25) is 4.79 Å². The molecule has 0 saturated carbocycles. The maximum Gasteiger partial charge on any atom is 0.237 e. The Hall–Kier alpha value is -0.690. The highest BCUT2D eigenvalue weighted by Gasteiger charge is 2.13. The number of nitrogens with one attached hydrogen (secondary N) is 2. The van der Waals surface area contributed by atoms with Crippen molar-refractivity contribution < 1.29 is 15.0 Å². The van der Waals surface area contributed by atoms with Crippen molar-refractivity contribution >= 4 is 5.91 Å². The van der Waals surface area contributed by atoms with Crippen LogP contribution in [0.1, 0.15) is 12.8 Å². The second-order valence-corrected chi connectivity index (χ2v) is 3.43. The molecule has 0 fully saturated rings. The first kappa shape index (κ1) is 14.3. The molecule has 90 valence electrons. The lowest BCUT2D eigenvalue weighted by Crippen LogP contribution is -2.44. The summed E-state index contributed by atoms with van der Waals surface area (Å²) in [4.78, 5) is 11.3. The van der Waals surface area contributed by atoms with Crippen LogP contribution >= 0.6 is 0 Å². The Balaban J connectivity index is 3.60. The maximum atomic E-state index is 11.3. The zero-order chi connectivity index (χ0) is 11.7.